The van der Waals surface area contributed by atoms with E-state index < -0.39 is 0 Å². The molecule has 0 aromatic heterocycles. The third-order valence-corrected chi connectivity index (χ3v) is 5.31. The van der Waals surface area contributed by atoms with Crippen molar-refractivity contribution in [3.8, 4) is 0 Å². The molecule has 3 amide bonds. The van der Waals surface area contributed by atoms with Crippen molar-refractivity contribution in [1.29, 1.82) is 0 Å². The molecule has 2 aromatic carbocycles. The summed E-state index contributed by atoms with van der Waals surface area (Å²) in [5, 5.41) is 2.80. The number of fused-ring (bicyclic) bond motifs is 1. The number of hydrogen-bond acceptors (Lipinski definition) is 3. The number of amides is 3. The number of nitrogens with one attached hydrogen (secondary N) is 1. The van der Waals surface area contributed by atoms with Crippen LogP contribution in [-0.4, -0.2) is 29.2 Å². The zero-order valence-corrected chi connectivity index (χ0v) is 15.6. The number of anilines is 1. The normalized spacial score (nSPS) is 16.0. The minimum Gasteiger partial charge on any atom is -0.322 e. The summed E-state index contributed by atoms with van der Waals surface area (Å²) in [6.45, 7) is 0.393. The van der Waals surface area contributed by atoms with Gasteiger partial charge in [0.25, 0.3) is 17.7 Å². The Morgan fingerprint density at radius 3 is 2.50 bits per heavy atom. The lowest BCUT2D eigenvalue weighted by Crippen LogP contribution is -2.31. The van der Waals surface area contributed by atoms with Gasteiger partial charge in [-0.05, 0) is 62.4 Å². The van der Waals surface area contributed by atoms with Crippen LogP contribution in [0, 0.1) is 0 Å². The molecule has 0 saturated heterocycles. The van der Waals surface area contributed by atoms with E-state index in [0.717, 1.165) is 19.3 Å². The van der Waals surface area contributed by atoms with Crippen molar-refractivity contribution in [3.63, 3.8) is 0 Å². The summed E-state index contributed by atoms with van der Waals surface area (Å²) < 4.78 is 0. The molecule has 0 fully saturated rings. The lowest BCUT2D eigenvalue weighted by Gasteiger charge is -2.17. The van der Waals surface area contributed by atoms with Crippen molar-refractivity contribution in [2.45, 2.75) is 32.1 Å². The molecule has 28 heavy (non-hydrogen) atoms. The minimum absolute atomic E-state index is 0.272. The molecule has 1 heterocycles. The van der Waals surface area contributed by atoms with E-state index in [2.05, 4.69) is 11.4 Å². The van der Waals surface area contributed by atoms with Crippen molar-refractivity contribution in [3.05, 3.63) is 76.9 Å². The Labute approximate surface area is 164 Å². The van der Waals surface area contributed by atoms with Crippen LogP contribution in [0.1, 0.15) is 63.2 Å². The maximum atomic E-state index is 12.8. The summed E-state index contributed by atoms with van der Waals surface area (Å²) in [6.07, 6.45) is 7.48. The van der Waals surface area contributed by atoms with Crippen molar-refractivity contribution in [1.82, 2.24) is 4.90 Å². The van der Waals surface area contributed by atoms with Gasteiger partial charge >= 0.3 is 0 Å². The average molecular weight is 374 g/mol. The second-order valence-corrected chi connectivity index (χ2v) is 7.20. The lowest BCUT2D eigenvalue weighted by atomic mass is 9.97. The van der Waals surface area contributed by atoms with Crippen LogP contribution in [0.3, 0.4) is 0 Å². The molecule has 142 valence electrons. The Kier molecular flexibility index (Phi) is 5.06. The first-order valence-corrected chi connectivity index (χ1v) is 9.68. The summed E-state index contributed by atoms with van der Waals surface area (Å²) in [5.74, 6) is -0.891. The highest BCUT2D eigenvalue weighted by molar-refractivity contribution is 6.22. The van der Waals surface area contributed by atoms with Gasteiger partial charge in [0.15, 0.2) is 0 Å². The van der Waals surface area contributed by atoms with Crippen molar-refractivity contribution in [2.75, 3.05) is 11.9 Å². The van der Waals surface area contributed by atoms with Gasteiger partial charge in [-0.3, -0.25) is 19.3 Å². The molecule has 0 unspecified atom stereocenters. The van der Waals surface area contributed by atoms with Crippen LogP contribution >= 0.6 is 0 Å². The second-order valence-electron chi connectivity index (χ2n) is 7.20. The largest absolute Gasteiger partial charge is 0.322 e. The van der Waals surface area contributed by atoms with Gasteiger partial charge in [-0.2, -0.15) is 0 Å². The van der Waals surface area contributed by atoms with Crippen LogP contribution in [-0.2, 0) is 0 Å². The molecule has 5 heteroatoms. The Hall–Kier alpha value is -3.21. The van der Waals surface area contributed by atoms with Crippen molar-refractivity contribution in [2.24, 2.45) is 0 Å². The number of carbonyl (C=O) groups is 3. The van der Waals surface area contributed by atoms with Crippen LogP contribution in [0.25, 0.3) is 0 Å². The fourth-order valence-corrected chi connectivity index (χ4v) is 3.75. The van der Waals surface area contributed by atoms with E-state index in [1.54, 1.807) is 24.3 Å². The fraction of sp³-hybridized carbons (Fsp3) is 0.261. The lowest BCUT2D eigenvalue weighted by molar-refractivity contribution is 0.0655. The van der Waals surface area contributed by atoms with Crippen molar-refractivity contribution < 1.29 is 14.4 Å². The number of para-hydroxylation sites is 1. The molecule has 0 atom stereocenters. The highest BCUT2D eigenvalue weighted by Gasteiger charge is 2.35. The predicted octanol–water partition coefficient (Wildman–Crippen LogP) is 4.43. The maximum Gasteiger partial charge on any atom is 0.261 e. The zero-order chi connectivity index (χ0) is 19.5. The van der Waals surface area contributed by atoms with Gasteiger partial charge in [-0.1, -0.05) is 29.8 Å². The zero-order valence-electron chi connectivity index (χ0n) is 15.6. The smallest absolute Gasteiger partial charge is 0.261 e. The molecule has 4 rings (SSSR count). The SMILES string of the molecule is O=C(Nc1ccccc1)c1ccc2c(c1)C(=O)N(CCC1=CCCCC1)C2=O. The number of benzene rings is 2. The Bertz CT molecular complexity index is 963. The first-order chi connectivity index (χ1) is 13.6. The second kappa shape index (κ2) is 7.80. The molecule has 5 nitrogen and oxygen atoms in total. The molecule has 0 saturated carbocycles. The standard InChI is InChI=1S/C23H22N2O3/c26-21(24-18-9-5-2-6-10-18)17-11-12-19-20(15-17)23(28)25(22(19)27)14-13-16-7-3-1-4-8-16/h2,5-7,9-12,15H,1,3-4,8,13-14H2,(H,24,26). The van der Waals surface area contributed by atoms with E-state index in [4.69, 9.17) is 0 Å². The van der Waals surface area contributed by atoms with Crippen LogP contribution < -0.4 is 5.32 Å². The summed E-state index contributed by atoms with van der Waals surface area (Å²) in [6, 6.07) is 13.8. The number of imide groups is 1. The molecule has 2 aliphatic rings. The molecule has 1 N–H and O–H groups in total. The van der Waals surface area contributed by atoms with E-state index in [1.165, 1.54) is 29.4 Å². The van der Waals surface area contributed by atoms with Crippen LogP contribution in [0.2, 0.25) is 0 Å². The van der Waals surface area contributed by atoms with Gasteiger partial charge in [-0.15, -0.1) is 0 Å². The fourth-order valence-electron chi connectivity index (χ4n) is 3.75. The third-order valence-electron chi connectivity index (χ3n) is 5.31. The topological polar surface area (TPSA) is 66.5 Å². The van der Waals surface area contributed by atoms with Gasteiger partial charge in [0.2, 0.25) is 0 Å². The number of rotatable bonds is 5. The van der Waals surface area contributed by atoms with Gasteiger partial charge < -0.3 is 5.32 Å². The molecular formula is C23H22N2O3. The van der Waals surface area contributed by atoms with Crippen molar-refractivity contribution >= 4 is 23.4 Å². The quantitative estimate of drug-likeness (QED) is 0.622. The molecular weight excluding hydrogens is 352 g/mol. The first kappa shape index (κ1) is 18.2. The molecule has 2 aromatic rings. The Balaban J connectivity index is 1.49. The van der Waals surface area contributed by atoms with Gasteiger partial charge in [0.1, 0.15) is 0 Å². The number of nitrogens with zero attached hydrogens (tertiary/aromatic N) is 1. The van der Waals surface area contributed by atoms with E-state index in [1.807, 2.05) is 18.2 Å². The van der Waals surface area contributed by atoms with E-state index in [0.29, 0.717) is 28.9 Å². The molecule has 0 radical (unpaired) electrons. The van der Waals surface area contributed by atoms with Gasteiger partial charge in [0.05, 0.1) is 11.1 Å². The molecule has 0 bridgehead atoms. The summed E-state index contributed by atoms with van der Waals surface area (Å²) in [5.41, 5.74) is 3.05. The predicted molar refractivity (Wildman–Crippen MR) is 107 cm³/mol. The Morgan fingerprint density at radius 2 is 1.75 bits per heavy atom. The minimum atomic E-state index is -0.314. The molecule has 1 aliphatic carbocycles. The molecule has 1 aliphatic heterocycles. The van der Waals surface area contributed by atoms with E-state index in [9.17, 15) is 14.4 Å². The van der Waals surface area contributed by atoms with E-state index in [-0.39, 0.29) is 17.7 Å². The number of allylic oxidation sites excluding steroid dienone is 1. The average Bonchev–Trinajstić information content (AvgIpc) is 2.97. The Morgan fingerprint density at radius 1 is 0.964 bits per heavy atom. The summed E-state index contributed by atoms with van der Waals surface area (Å²) in [7, 11) is 0. The number of hydrogen-bond donors (Lipinski definition) is 1. The monoisotopic (exact) mass is 374 g/mol. The molecule has 0 spiro atoms. The van der Waals surface area contributed by atoms with Crippen LogP contribution in [0.5, 0.6) is 0 Å². The third kappa shape index (κ3) is 3.60. The summed E-state index contributed by atoms with van der Waals surface area (Å²) >= 11 is 0. The number of carbonyl (C=O) groups excluding carboxylic acids is 3. The van der Waals surface area contributed by atoms with E-state index >= 15 is 0 Å². The van der Waals surface area contributed by atoms with Crippen LogP contribution in [0.4, 0.5) is 5.69 Å². The van der Waals surface area contributed by atoms with Gasteiger partial charge in [0, 0.05) is 17.8 Å². The maximum absolute atomic E-state index is 12.8. The highest BCUT2D eigenvalue weighted by Crippen LogP contribution is 2.27. The first-order valence-electron chi connectivity index (χ1n) is 9.68. The highest BCUT2D eigenvalue weighted by atomic mass is 16.2. The van der Waals surface area contributed by atoms with Gasteiger partial charge in [-0.25, -0.2) is 0 Å². The summed E-state index contributed by atoms with van der Waals surface area (Å²) in [4.78, 5) is 39.2. The van der Waals surface area contributed by atoms with Crippen LogP contribution in [0.15, 0.2) is 60.2 Å².